The molecule has 6 heteroatoms. The van der Waals surface area contributed by atoms with Crippen molar-refractivity contribution in [3.63, 3.8) is 0 Å². The lowest BCUT2D eigenvalue weighted by atomic mass is 10.2. The van der Waals surface area contributed by atoms with Crippen LogP contribution in [0.25, 0.3) is 0 Å². The lowest BCUT2D eigenvalue weighted by Gasteiger charge is -2.15. The Morgan fingerprint density at radius 3 is 2.70 bits per heavy atom. The molecule has 1 aromatic rings. The quantitative estimate of drug-likeness (QED) is 0.777. The fourth-order valence-electron chi connectivity index (χ4n) is 2.37. The smallest absolute Gasteiger partial charge is 0.309 e. The highest BCUT2D eigenvalue weighted by Gasteiger charge is 2.19. The predicted molar refractivity (Wildman–Crippen MR) is 86.0 cm³/mol. The number of carbonyl (C=O) groups excluding carboxylic acids is 2. The Balaban J connectivity index is 1.80. The first-order valence-corrected chi connectivity index (χ1v) is 7.98. The average molecular weight is 320 g/mol. The molecule has 1 aliphatic heterocycles. The molecule has 1 saturated heterocycles. The number of benzene rings is 1. The SMILES string of the molecule is CC(C)Oc1ccccc1CNC(=O)C(=O)NC[C@H]1CCCO1. The summed E-state index contributed by atoms with van der Waals surface area (Å²) in [5.41, 5.74) is 0.835. The number of ether oxygens (including phenoxy) is 2. The molecule has 1 aliphatic rings. The fraction of sp³-hybridized carbons (Fsp3) is 0.529. The van der Waals surface area contributed by atoms with Crippen LogP contribution in [-0.4, -0.2) is 37.2 Å². The van der Waals surface area contributed by atoms with E-state index in [1.807, 2.05) is 38.1 Å². The standard InChI is InChI=1S/C17H24N2O4/c1-12(2)23-15-8-4-3-6-13(15)10-18-16(20)17(21)19-11-14-7-5-9-22-14/h3-4,6,8,12,14H,5,7,9-11H2,1-2H3,(H,18,20)(H,19,21)/t14-/m1/s1. The van der Waals surface area contributed by atoms with Gasteiger partial charge >= 0.3 is 11.8 Å². The van der Waals surface area contributed by atoms with Gasteiger partial charge in [0.15, 0.2) is 0 Å². The third-order valence-corrected chi connectivity index (χ3v) is 3.50. The molecule has 2 rings (SSSR count). The minimum absolute atomic E-state index is 0.0203. The van der Waals surface area contributed by atoms with Gasteiger partial charge in [0.2, 0.25) is 0 Å². The number of amides is 2. The number of para-hydroxylation sites is 1. The molecule has 1 aromatic carbocycles. The molecule has 1 atom stereocenters. The van der Waals surface area contributed by atoms with Crippen molar-refractivity contribution < 1.29 is 19.1 Å². The van der Waals surface area contributed by atoms with Gasteiger partial charge in [-0.1, -0.05) is 18.2 Å². The first kappa shape index (κ1) is 17.3. The van der Waals surface area contributed by atoms with E-state index in [-0.39, 0.29) is 18.8 Å². The van der Waals surface area contributed by atoms with Crippen LogP contribution < -0.4 is 15.4 Å². The molecule has 0 aliphatic carbocycles. The summed E-state index contributed by atoms with van der Waals surface area (Å²) < 4.78 is 11.1. The van der Waals surface area contributed by atoms with Gasteiger partial charge in [-0.3, -0.25) is 9.59 Å². The van der Waals surface area contributed by atoms with Gasteiger partial charge in [-0.15, -0.1) is 0 Å². The Bertz CT molecular complexity index is 539. The zero-order valence-electron chi connectivity index (χ0n) is 13.6. The van der Waals surface area contributed by atoms with Crippen LogP contribution in [0.15, 0.2) is 24.3 Å². The largest absolute Gasteiger partial charge is 0.491 e. The van der Waals surface area contributed by atoms with E-state index in [1.165, 1.54) is 0 Å². The molecule has 0 unspecified atom stereocenters. The van der Waals surface area contributed by atoms with E-state index in [4.69, 9.17) is 9.47 Å². The lowest BCUT2D eigenvalue weighted by Crippen LogP contribution is -2.42. The monoisotopic (exact) mass is 320 g/mol. The molecule has 23 heavy (non-hydrogen) atoms. The van der Waals surface area contributed by atoms with Crippen LogP contribution in [0.2, 0.25) is 0 Å². The summed E-state index contributed by atoms with van der Waals surface area (Å²) in [4.78, 5) is 23.6. The Hall–Kier alpha value is -2.08. The molecular weight excluding hydrogens is 296 g/mol. The van der Waals surface area contributed by atoms with Crippen LogP contribution in [-0.2, 0) is 20.9 Å². The second kappa shape index (κ2) is 8.53. The van der Waals surface area contributed by atoms with Crippen LogP contribution in [0.1, 0.15) is 32.3 Å². The first-order valence-electron chi connectivity index (χ1n) is 7.98. The molecule has 2 N–H and O–H groups in total. The van der Waals surface area contributed by atoms with Crippen LogP contribution in [0, 0.1) is 0 Å². The number of hydrogen-bond donors (Lipinski definition) is 2. The first-order chi connectivity index (χ1) is 11.1. The van der Waals surface area contributed by atoms with Gasteiger partial charge in [-0.2, -0.15) is 0 Å². The average Bonchev–Trinajstić information content (AvgIpc) is 3.04. The van der Waals surface area contributed by atoms with E-state index in [9.17, 15) is 9.59 Å². The summed E-state index contributed by atoms with van der Waals surface area (Å²) in [7, 11) is 0. The zero-order chi connectivity index (χ0) is 16.7. The minimum atomic E-state index is -0.651. The van der Waals surface area contributed by atoms with Gasteiger partial charge in [0, 0.05) is 25.3 Å². The molecule has 0 spiro atoms. The van der Waals surface area contributed by atoms with Crippen molar-refractivity contribution in [3.05, 3.63) is 29.8 Å². The third kappa shape index (κ3) is 5.56. The minimum Gasteiger partial charge on any atom is -0.491 e. The van der Waals surface area contributed by atoms with Gasteiger partial charge < -0.3 is 20.1 Å². The summed E-state index contributed by atoms with van der Waals surface area (Å²) in [5.74, 6) is -0.576. The third-order valence-electron chi connectivity index (χ3n) is 3.50. The summed E-state index contributed by atoms with van der Waals surface area (Å²) in [6.07, 6.45) is 1.98. The van der Waals surface area contributed by atoms with Gasteiger partial charge in [0.1, 0.15) is 5.75 Å². The van der Waals surface area contributed by atoms with E-state index in [0.29, 0.717) is 12.3 Å². The van der Waals surface area contributed by atoms with E-state index in [0.717, 1.165) is 25.0 Å². The Labute approximate surface area is 136 Å². The summed E-state index contributed by atoms with van der Waals surface area (Å²) >= 11 is 0. The molecule has 0 saturated carbocycles. The molecule has 1 fully saturated rings. The molecular formula is C17H24N2O4. The highest BCUT2D eigenvalue weighted by molar-refractivity contribution is 6.35. The van der Waals surface area contributed by atoms with Crippen molar-refractivity contribution in [1.82, 2.24) is 10.6 Å². The second-order valence-electron chi connectivity index (χ2n) is 5.80. The van der Waals surface area contributed by atoms with Crippen LogP contribution in [0.3, 0.4) is 0 Å². The van der Waals surface area contributed by atoms with Gasteiger partial charge in [0.05, 0.1) is 12.2 Å². The van der Waals surface area contributed by atoms with E-state index >= 15 is 0 Å². The highest BCUT2D eigenvalue weighted by Crippen LogP contribution is 2.19. The van der Waals surface area contributed by atoms with Crippen molar-refractivity contribution in [1.29, 1.82) is 0 Å². The van der Waals surface area contributed by atoms with Crippen molar-refractivity contribution in [2.24, 2.45) is 0 Å². The molecule has 6 nitrogen and oxygen atoms in total. The maximum Gasteiger partial charge on any atom is 0.309 e. The van der Waals surface area contributed by atoms with Crippen LogP contribution in [0.4, 0.5) is 0 Å². The fourth-order valence-corrected chi connectivity index (χ4v) is 2.37. The van der Waals surface area contributed by atoms with Crippen molar-refractivity contribution in [2.75, 3.05) is 13.2 Å². The topological polar surface area (TPSA) is 76.7 Å². The zero-order valence-corrected chi connectivity index (χ0v) is 13.6. The maximum absolute atomic E-state index is 11.8. The molecule has 126 valence electrons. The van der Waals surface area contributed by atoms with Crippen molar-refractivity contribution >= 4 is 11.8 Å². The lowest BCUT2D eigenvalue weighted by molar-refractivity contribution is -0.139. The van der Waals surface area contributed by atoms with Crippen molar-refractivity contribution in [2.45, 2.75) is 45.4 Å². The van der Waals surface area contributed by atoms with E-state index in [2.05, 4.69) is 10.6 Å². The normalized spacial score (nSPS) is 17.1. The number of nitrogens with one attached hydrogen (secondary N) is 2. The van der Waals surface area contributed by atoms with E-state index in [1.54, 1.807) is 0 Å². The molecule has 1 heterocycles. The molecule has 2 amide bonds. The molecule has 0 bridgehead atoms. The summed E-state index contributed by atoms with van der Waals surface area (Å²) in [6.45, 7) is 5.22. The second-order valence-corrected chi connectivity index (χ2v) is 5.80. The molecule has 0 radical (unpaired) electrons. The number of hydrogen-bond acceptors (Lipinski definition) is 4. The Kier molecular flexibility index (Phi) is 6.40. The highest BCUT2D eigenvalue weighted by atomic mass is 16.5. The molecule has 0 aromatic heterocycles. The number of rotatable bonds is 6. The van der Waals surface area contributed by atoms with Gasteiger partial charge in [0.25, 0.3) is 0 Å². The van der Waals surface area contributed by atoms with Crippen molar-refractivity contribution in [3.8, 4) is 5.75 Å². The number of carbonyl (C=O) groups is 2. The van der Waals surface area contributed by atoms with E-state index < -0.39 is 11.8 Å². The predicted octanol–water partition coefficient (Wildman–Crippen LogP) is 1.39. The Morgan fingerprint density at radius 1 is 1.26 bits per heavy atom. The van der Waals surface area contributed by atoms with Crippen LogP contribution in [0.5, 0.6) is 5.75 Å². The van der Waals surface area contributed by atoms with Gasteiger partial charge in [-0.25, -0.2) is 0 Å². The van der Waals surface area contributed by atoms with Gasteiger partial charge in [-0.05, 0) is 32.8 Å². The summed E-state index contributed by atoms with van der Waals surface area (Å²) in [5, 5.41) is 5.22. The summed E-state index contributed by atoms with van der Waals surface area (Å²) in [6, 6.07) is 7.45. The van der Waals surface area contributed by atoms with Crippen LogP contribution >= 0.6 is 0 Å². The Morgan fingerprint density at radius 2 is 2.00 bits per heavy atom. The maximum atomic E-state index is 11.8.